The van der Waals surface area contributed by atoms with Crippen LogP contribution in [0.3, 0.4) is 0 Å². The molecule has 0 aliphatic carbocycles. The molecular formula is C14H16N4O. The van der Waals surface area contributed by atoms with Gasteiger partial charge in [-0.05, 0) is 18.1 Å². The van der Waals surface area contributed by atoms with Crippen LogP contribution in [0.25, 0.3) is 0 Å². The van der Waals surface area contributed by atoms with Crippen LogP contribution < -0.4 is 10.6 Å². The second-order valence-corrected chi connectivity index (χ2v) is 4.68. The predicted molar refractivity (Wildman–Crippen MR) is 72.7 cm³/mol. The average Bonchev–Trinajstić information content (AvgIpc) is 2.97. The van der Waals surface area contributed by atoms with Gasteiger partial charge in [0.1, 0.15) is 0 Å². The first-order valence-corrected chi connectivity index (χ1v) is 6.43. The third-order valence-electron chi connectivity index (χ3n) is 3.42. The molecule has 2 heterocycles. The number of amides is 1. The number of carbonyl (C=O) groups excluding carboxylic acids is 1. The summed E-state index contributed by atoms with van der Waals surface area (Å²) in [5, 5.41) is 12.9. The fourth-order valence-electron chi connectivity index (χ4n) is 2.43. The van der Waals surface area contributed by atoms with E-state index >= 15 is 0 Å². The molecule has 3 rings (SSSR count). The van der Waals surface area contributed by atoms with Crippen molar-refractivity contribution in [2.45, 2.75) is 18.9 Å². The molecule has 1 aliphatic heterocycles. The van der Waals surface area contributed by atoms with Gasteiger partial charge in [0.25, 0.3) is 0 Å². The molecule has 1 unspecified atom stereocenters. The summed E-state index contributed by atoms with van der Waals surface area (Å²) in [5.41, 5.74) is 3.13. The van der Waals surface area contributed by atoms with Gasteiger partial charge >= 0.3 is 0 Å². The Bertz CT molecular complexity index is 565. The number of anilines is 1. The standard InChI is InChI=1S/C14H16N4O/c19-14(16-7-10-8-17-18-9-10)12-5-6-15-13-4-2-1-3-11(12)13/h1-4,8-9,12,15H,5-7H2,(H,16,19)(H,17,18). The van der Waals surface area contributed by atoms with Crippen molar-refractivity contribution in [1.82, 2.24) is 15.5 Å². The molecule has 0 spiro atoms. The van der Waals surface area contributed by atoms with E-state index in [1.165, 1.54) is 0 Å². The van der Waals surface area contributed by atoms with Crippen LogP contribution in [-0.4, -0.2) is 22.6 Å². The molecule has 3 N–H and O–H groups in total. The van der Waals surface area contributed by atoms with E-state index in [9.17, 15) is 4.79 Å². The van der Waals surface area contributed by atoms with E-state index in [4.69, 9.17) is 0 Å². The lowest BCUT2D eigenvalue weighted by Crippen LogP contribution is -2.32. The molecule has 0 saturated carbocycles. The quantitative estimate of drug-likeness (QED) is 0.781. The van der Waals surface area contributed by atoms with Crippen molar-refractivity contribution >= 4 is 11.6 Å². The van der Waals surface area contributed by atoms with E-state index in [-0.39, 0.29) is 11.8 Å². The third-order valence-corrected chi connectivity index (χ3v) is 3.42. The van der Waals surface area contributed by atoms with Crippen molar-refractivity contribution in [2.75, 3.05) is 11.9 Å². The Morgan fingerprint density at radius 3 is 3.16 bits per heavy atom. The number of aromatic nitrogens is 2. The molecule has 1 aliphatic rings. The topological polar surface area (TPSA) is 69.8 Å². The summed E-state index contributed by atoms with van der Waals surface area (Å²) in [6, 6.07) is 7.99. The highest BCUT2D eigenvalue weighted by Gasteiger charge is 2.25. The van der Waals surface area contributed by atoms with E-state index in [2.05, 4.69) is 20.8 Å². The molecule has 5 nitrogen and oxygen atoms in total. The molecule has 1 atom stereocenters. The lowest BCUT2D eigenvalue weighted by atomic mass is 9.90. The van der Waals surface area contributed by atoms with E-state index in [1.54, 1.807) is 12.4 Å². The second kappa shape index (κ2) is 5.14. The number of hydrogen-bond acceptors (Lipinski definition) is 3. The van der Waals surface area contributed by atoms with Crippen LogP contribution in [0.4, 0.5) is 5.69 Å². The average molecular weight is 256 g/mol. The van der Waals surface area contributed by atoms with Gasteiger partial charge in [-0.3, -0.25) is 9.89 Å². The Morgan fingerprint density at radius 1 is 1.42 bits per heavy atom. The SMILES string of the molecule is O=C(NCc1cn[nH]c1)C1CCNc2ccccc21. The van der Waals surface area contributed by atoms with Crippen molar-refractivity contribution in [1.29, 1.82) is 0 Å². The first-order valence-electron chi connectivity index (χ1n) is 6.43. The molecule has 0 saturated heterocycles. The largest absolute Gasteiger partial charge is 0.385 e. The molecule has 1 aromatic carbocycles. The molecule has 2 aromatic rings. The zero-order chi connectivity index (χ0) is 13.1. The molecule has 1 amide bonds. The lowest BCUT2D eigenvalue weighted by Gasteiger charge is -2.25. The van der Waals surface area contributed by atoms with E-state index < -0.39 is 0 Å². The molecule has 5 heteroatoms. The highest BCUT2D eigenvalue weighted by Crippen LogP contribution is 2.31. The minimum Gasteiger partial charge on any atom is -0.385 e. The molecule has 0 fully saturated rings. The smallest absolute Gasteiger partial charge is 0.227 e. The summed E-state index contributed by atoms with van der Waals surface area (Å²) < 4.78 is 0. The number of nitrogens with one attached hydrogen (secondary N) is 3. The molecule has 98 valence electrons. The van der Waals surface area contributed by atoms with E-state index in [0.717, 1.165) is 29.8 Å². The Kier molecular flexibility index (Phi) is 3.18. The number of benzene rings is 1. The number of rotatable bonds is 3. The molecule has 19 heavy (non-hydrogen) atoms. The predicted octanol–water partition coefficient (Wildman–Crippen LogP) is 1.63. The van der Waals surface area contributed by atoms with Crippen molar-refractivity contribution < 1.29 is 4.79 Å². The Labute approximate surface area is 111 Å². The second-order valence-electron chi connectivity index (χ2n) is 4.68. The molecule has 0 bridgehead atoms. The Balaban J connectivity index is 1.71. The van der Waals surface area contributed by atoms with E-state index in [0.29, 0.717) is 6.54 Å². The Hall–Kier alpha value is -2.30. The highest BCUT2D eigenvalue weighted by atomic mass is 16.1. The van der Waals surface area contributed by atoms with Crippen molar-refractivity contribution in [3.05, 3.63) is 47.8 Å². The third kappa shape index (κ3) is 2.45. The van der Waals surface area contributed by atoms with Crippen LogP contribution in [-0.2, 0) is 11.3 Å². The van der Waals surface area contributed by atoms with Gasteiger partial charge in [0, 0.05) is 30.5 Å². The van der Waals surface area contributed by atoms with Crippen LogP contribution in [0.5, 0.6) is 0 Å². The highest BCUT2D eigenvalue weighted by molar-refractivity contribution is 5.86. The Morgan fingerprint density at radius 2 is 2.32 bits per heavy atom. The first-order chi connectivity index (χ1) is 9.34. The van der Waals surface area contributed by atoms with Crippen molar-refractivity contribution in [3.63, 3.8) is 0 Å². The summed E-state index contributed by atoms with van der Waals surface area (Å²) in [4.78, 5) is 12.3. The number of nitrogens with zero attached hydrogens (tertiary/aromatic N) is 1. The summed E-state index contributed by atoms with van der Waals surface area (Å²) in [6.45, 7) is 1.35. The number of H-pyrrole nitrogens is 1. The summed E-state index contributed by atoms with van der Waals surface area (Å²) in [5.74, 6) is 0.0134. The van der Waals surface area contributed by atoms with Gasteiger partial charge in [0.05, 0.1) is 12.1 Å². The van der Waals surface area contributed by atoms with E-state index in [1.807, 2.05) is 24.3 Å². The van der Waals surface area contributed by atoms with Crippen LogP contribution in [0, 0.1) is 0 Å². The van der Waals surface area contributed by atoms with Crippen LogP contribution in [0.2, 0.25) is 0 Å². The summed E-state index contributed by atoms with van der Waals surface area (Å²) >= 11 is 0. The van der Waals surface area contributed by atoms with Gasteiger partial charge in [-0.15, -0.1) is 0 Å². The zero-order valence-corrected chi connectivity index (χ0v) is 10.5. The maximum Gasteiger partial charge on any atom is 0.227 e. The molecule has 1 aromatic heterocycles. The van der Waals surface area contributed by atoms with Crippen LogP contribution in [0.15, 0.2) is 36.7 Å². The maximum absolute atomic E-state index is 12.3. The van der Waals surface area contributed by atoms with Gasteiger partial charge in [-0.25, -0.2) is 0 Å². The van der Waals surface area contributed by atoms with Gasteiger partial charge in [0.2, 0.25) is 5.91 Å². The van der Waals surface area contributed by atoms with Crippen LogP contribution in [0.1, 0.15) is 23.5 Å². The minimum absolute atomic E-state index is 0.0654. The first kappa shape index (κ1) is 11.8. The number of carbonyl (C=O) groups is 1. The minimum atomic E-state index is -0.0654. The lowest BCUT2D eigenvalue weighted by molar-refractivity contribution is -0.122. The number of para-hydroxylation sites is 1. The van der Waals surface area contributed by atoms with Crippen molar-refractivity contribution in [2.24, 2.45) is 0 Å². The number of fused-ring (bicyclic) bond motifs is 1. The van der Waals surface area contributed by atoms with Crippen molar-refractivity contribution in [3.8, 4) is 0 Å². The van der Waals surface area contributed by atoms with Gasteiger partial charge < -0.3 is 10.6 Å². The van der Waals surface area contributed by atoms with Gasteiger partial charge in [0.15, 0.2) is 0 Å². The van der Waals surface area contributed by atoms with Gasteiger partial charge in [-0.1, -0.05) is 18.2 Å². The maximum atomic E-state index is 12.3. The summed E-state index contributed by atoms with van der Waals surface area (Å²) in [6.07, 6.45) is 4.33. The summed E-state index contributed by atoms with van der Waals surface area (Å²) in [7, 11) is 0. The fraction of sp³-hybridized carbons (Fsp3) is 0.286. The zero-order valence-electron chi connectivity index (χ0n) is 10.5. The fourth-order valence-corrected chi connectivity index (χ4v) is 2.43. The number of hydrogen-bond donors (Lipinski definition) is 3. The number of aromatic amines is 1. The normalized spacial score (nSPS) is 17.4. The molecule has 0 radical (unpaired) electrons. The molecular weight excluding hydrogens is 240 g/mol. The monoisotopic (exact) mass is 256 g/mol. The van der Waals surface area contributed by atoms with Crippen LogP contribution >= 0.6 is 0 Å². The van der Waals surface area contributed by atoms with Gasteiger partial charge in [-0.2, -0.15) is 5.10 Å².